The number of hydrogen-bond acceptors (Lipinski definition) is 1. The maximum atomic E-state index is 6.25. The predicted molar refractivity (Wildman–Crippen MR) is 6.08 cm³/mol. The van der Waals surface area contributed by atoms with Crippen LogP contribution < -0.4 is 51.4 Å². The summed E-state index contributed by atoms with van der Waals surface area (Å²) in [5.41, 5.74) is 0. The fourth-order valence-electron chi connectivity index (χ4n) is 0. The molecule has 0 spiro atoms. The molecule has 0 unspecified atom stereocenters. The summed E-state index contributed by atoms with van der Waals surface area (Å²) in [5, 5.41) is 6.25. The predicted octanol–water partition coefficient (Wildman–Crippen LogP) is -2.79. The van der Waals surface area contributed by atoms with Gasteiger partial charge >= 0.3 is 51.4 Å². The molecule has 0 aromatic carbocycles. The van der Waals surface area contributed by atoms with E-state index in [0.717, 1.165) is 0 Å². The van der Waals surface area contributed by atoms with E-state index in [-0.39, 0.29) is 89.4 Å². The number of rotatable bonds is 0. The summed E-state index contributed by atoms with van der Waals surface area (Å²) in [6, 6.07) is 0. The fraction of sp³-hybridized carbons (Fsp3) is 0. The van der Waals surface area contributed by atoms with Gasteiger partial charge in [-0.05, 0) is 0 Å². The van der Waals surface area contributed by atoms with Crippen LogP contribution in [0.25, 0.3) is 0 Å². The van der Waals surface area contributed by atoms with Crippen molar-refractivity contribution < 1.29 is 89.4 Å². The number of hydrogen-bond donors (Lipinski definition) is 0. The Kier molecular flexibility index (Phi) is 181. The van der Waals surface area contributed by atoms with Crippen molar-refractivity contribution >= 4 is 0 Å². The first-order valence-electron chi connectivity index (χ1n) is 0.224. The summed E-state index contributed by atoms with van der Waals surface area (Å²) in [5.74, 6) is 0. The minimum atomic E-state index is 0. The zero-order valence-corrected chi connectivity index (χ0v) is 10.2. The molecule has 0 N–H and O–H groups in total. The standard InChI is InChI=1S/CN.Fe.K.Zn.H/c1-2;;;;/q-1;;+1;;-1. The van der Waals surface area contributed by atoms with Gasteiger partial charge in [-0.2, -0.15) is 0 Å². The third-order valence-corrected chi connectivity index (χ3v) is 0. The van der Waals surface area contributed by atoms with Crippen molar-refractivity contribution in [2.75, 3.05) is 0 Å². The monoisotopic (exact) mass is 186 g/mol. The van der Waals surface area contributed by atoms with E-state index in [2.05, 4.69) is 0 Å². The Hall–Kier alpha value is 2.27. The van der Waals surface area contributed by atoms with Gasteiger partial charge in [-0.1, -0.05) is 0 Å². The van der Waals surface area contributed by atoms with E-state index in [9.17, 15) is 0 Å². The van der Waals surface area contributed by atoms with Gasteiger partial charge in [-0.25, -0.2) is 0 Å². The zero-order chi connectivity index (χ0) is 2.00. The zero-order valence-electron chi connectivity index (χ0n) is 4.01. The summed E-state index contributed by atoms with van der Waals surface area (Å²) >= 11 is 0. The summed E-state index contributed by atoms with van der Waals surface area (Å²) in [6.45, 7) is 4.75. The Morgan fingerprint density at radius 2 is 1.40 bits per heavy atom. The van der Waals surface area contributed by atoms with Crippen LogP contribution in [0, 0.1) is 11.8 Å². The van der Waals surface area contributed by atoms with Crippen LogP contribution in [-0.2, 0) is 36.5 Å². The molecular weight excluding hydrogens is 186 g/mol. The van der Waals surface area contributed by atoms with Crippen molar-refractivity contribution in [3.05, 3.63) is 6.57 Å². The van der Waals surface area contributed by atoms with Crippen LogP contribution in [0.1, 0.15) is 1.43 Å². The van der Waals surface area contributed by atoms with Gasteiger partial charge in [0.1, 0.15) is 0 Å². The van der Waals surface area contributed by atoms with Crippen LogP contribution in [0.3, 0.4) is 0 Å². The molecule has 0 heterocycles. The smallest absolute Gasteiger partial charge is 1.00 e. The van der Waals surface area contributed by atoms with Crippen LogP contribution in [0.4, 0.5) is 0 Å². The Morgan fingerprint density at radius 3 is 1.40 bits per heavy atom. The van der Waals surface area contributed by atoms with Crippen LogP contribution in [0.2, 0.25) is 0 Å². The SMILES string of the molecule is [C-]#N.[Fe].[H-].[K+].[Zn]. The van der Waals surface area contributed by atoms with Gasteiger partial charge in [0.25, 0.3) is 0 Å². The topological polar surface area (TPSA) is 23.8 Å². The van der Waals surface area contributed by atoms with Crippen LogP contribution in [0.5, 0.6) is 0 Å². The van der Waals surface area contributed by atoms with Crippen molar-refractivity contribution in [1.29, 1.82) is 5.26 Å². The van der Waals surface area contributed by atoms with Gasteiger partial charge in [0, 0.05) is 36.5 Å². The molecular formula is CHFeKNZn-. The molecule has 0 saturated heterocycles. The van der Waals surface area contributed by atoms with E-state index >= 15 is 0 Å². The van der Waals surface area contributed by atoms with Gasteiger partial charge in [-0.3, -0.25) is 0 Å². The Labute approximate surface area is 99.0 Å². The molecule has 5 heavy (non-hydrogen) atoms. The average molecular weight is 187 g/mol. The van der Waals surface area contributed by atoms with Gasteiger partial charge in [0.15, 0.2) is 0 Å². The molecule has 0 aliphatic heterocycles. The molecule has 0 bridgehead atoms. The molecule has 0 atom stereocenters. The fourth-order valence-corrected chi connectivity index (χ4v) is 0. The van der Waals surface area contributed by atoms with Crippen molar-refractivity contribution in [3.63, 3.8) is 0 Å². The quantitative estimate of drug-likeness (QED) is 0.297. The summed E-state index contributed by atoms with van der Waals surface area (Å²) in [6.07, 6.45) is 0. The molecule has 0 aromatic heterocycles. The molecule has 0 radical (unpaired) electrons. The molecule has 0 fully saturated rings. The second-order valence-corrected chi connectivity index (χ2v) is 0. The summed E-state index contributed by atoms with van der Waals surface area (Å²) in [4.78, 5) is 0. The maximum Gasteiger partial charge on any atom is 1.00 e. The molecule has 0 amide bonds. The van der Waals surface area contributed by atoms with E-state index in [4.69, 9.17) is 11.8 Å². The molecule has 0 aliphatic rings. The largest absolute Gasteiger partial charge is 1.00 e. The Bertz CT molecular complexity index is 20.3. The van der Waals surface area contributed by atoms with Crippen molar-refractivity contribution in [3.8, 4) is 0 Å². The first-order chi connectivity index (χ1) is 1.00. The van der Waals surface area contributed by atoms with Crippen molar-refractivity contribution in [2.24, 2.45) is 0 Å². The van der Waals surface area contributed by atoms with Crippen LogP contribution >= 0.6 is 0 Å². The summed E-state index contributed by atoms with van der Waals surface area (Å²) in [7, 11) is 0. The van der Waals surface area contributed by atoms with Crippen molar-refractivity contribution in [1.82, 2.24) is 0 Å². The molecule has 22 valence electrons. The minimum Gasteiger partial charge on any atom is -1.00 e. The molecule has 0 rings (SSSR count). The third kappa shape index (κ3) is 22.2. The second-order valence-electron chi connectivity index (χ2n) is 0. The molecule has 0 saturated carbocycles. The van der Waals surface area contributed by atoms with E-state index < -0.39 is 0 Å². The maximum absolute atomic E-state index is 6.25. The van der Waals surface area contributed by atoms with E-state index in [1.165, 1.54) is 0 Å². The first kappa shape index (κ1) is 26.7. The van der Waals surface area contributed by atoms with Gasteiger partial charge in [0.05, 0.1) is 0 Å². The first-order valence-corrected chi connectivity index (χ1v) is 0.224. The molecule has 4 heteroatoms. The third-order valence-electron chi connectivity index (χ3n) is 0. The Balaban J connectivity index is -0.000000000833. The Morgan fingerprint density at radius 1 is 1.40 bits per heavy atom. The normalized spacial score (nSPS) is 0.400. The van der Waals surface area contributed by atoms with Crippen LogP contribution in [0.15, 0.2) is 0 Å². The van der Waals surface area contributed by atoms with E-state index in [1.807, 2.05) is 0 Å². The van der Waals surface area contributed by atoms with Gasteiger partial charge in [0.2, 0.25) is 0 Å². The minimum absolute atomic E-state index is 0. The second kappa shape index (κ2) is 33.8. The van der Waals surface area contributed by atoms with E-state index in [0.29, 0.717) is 0 Å². The van der Waals surface area contributed by atoms with Crippen molar-refractivity contribution in [2.45, 2.75) is 0 Å². The number of nitrogens with zero attached hydrogens (tertiary/aromatic N) is 1. The molecule has 0 aromatic rings. The molecule has 0 aliphatic carbocycles. The summed E-state index contributed by atoms with van der Waals surface area (Å²) < 4.78 is 0. The molecule has 1 nitrogen and oxygen atoms in total. The van der Waals surface area contributed by atoms with Gasteiger partial charge < -0.3 is 13.3 Å². The van der Waals surface area contributed by atoms with E-state index in [1.54, 1.807) is 0 Å². The average Bonchev–Trinajstić information content (AvgIpc) is 1.00. The van der Waals surface area contributed by atoms with Gasteiger partial charge in [-0.15, -0.1) is 0 Å². The van der Waals surface area contributed by atoms with Crippen LogP contribution in [-0.4, -0.2) is 0 Å².